The number of benzene rings is 13. The second-order valence-corrected chi connectivity index (χ2v) is 23.8. The smallest absolute Gasteiger partial charge is 0.333 e. The van der Waals surface area contributed by atoms with Gasteiger partial charge < -0.3 is 27.6 Å². The van der Waals surface area contributed by atoms with Crippen LogP contribution in [0.4, 0.5) is 34.1 Å². The molecule has 0 atom stereocenters. The Bertz CT molecular complexity index is 5510. The Labute approximate surface area is 493 Å². The van der Waals surface area contributed by atoms with Crippen LogP contribution in [-0.4, -0.2) is 22.7 Å². The van der Waals surface area contributed by atoms with Crippen molar-refractivity contribution in [1.29, 1.82) is 0 Å². The van der Waals surface area contributed by atoms with Crippen molar-refractivity contribution in [2.24, 2.45) is 0 Å². The molecule has 86 heavy (non-hydrogen) atoms. The van der Waals surface area contributed by atoms with Crippen molar-refractivity contribution in [3.8, 4) is 44.5 Å². The van der Waals surface area contributed by atoms with E-state index in [0.717, 1.165) is 78.0 Å². The number of nitrogens with zero attached hydrogens (tertiary/aromatic N) is 4. The first-order chi connectivity index (χ1) is 42.7. The molecule has 21 rings (SSSR count). The third kappa shape index (κ3) is 5.69. The van der Waals surface area contributed by atoms with E-state index >= 15 is 0 Å². The minimum absolute atomic E-state index is 0.225. The topological polar surface area (TPSA) is 42.6 Å². The van der Waals surface area contributed by atoms with Crippen molar-refractivity contribution in [2.45, 2.75) is 0 Å². The maximum Gasteiger partial charge on any atom is 0.333 e. The average molecular weight is 1090 g/mol. The first-order valence-electron chi connectivity index (χ1n) is 29.8. The van der Waals surface area contributed by atoms with Crippen LogP contribution in [0.15, 0.2) is 276 Å². The van der Waals surface area contributed by atoms with Gasteiger partial charge in [0.2, 0.25) is 0 Å². The molecule has 0 saturated heterocycles. The summed E-state index contributed by atoms with van der Waals surface area (Å²) in [5.41, 5.74) is 29.8. The molecule has 0 N–H and O–H groups in total. The van der Waals surface area contributed by atoms with Gasteiger partial charge in [-0.05, 0) is 146 Å². The summed E-state index contributed by atoms with van der Waals surface area (Å²) in [6.07, 6.45) is 0. The van der Waals surface area contributed by atoms with Crippen LogP contribution in [0.1, 0.15) is 0 Å². The van der Waals surface area contributed by atoms with Gasteiger partial charge in [-0.3, -0.25) is 0 Å². The zero-order chi connectivity index (χ0) is 55.6. The summed E-state index contributed by atoms with van der Waals surface area (Å²) in [4.78, 5) is 5.10. The molecule has 0 bridgehead atoms. The van der Waals surface area contributed by atoms with Gasteiger partial charge in [0.1, 0.15) is 22.3 Å². The zero-order valence-corrected chi connectivity index (χ0v) is 46.2. The molecule has 4 aliphatic rings. The highest BCUT2D eigenvalue weighted by Gasteiger charge is 2.48. The third-order valence-electron chi connectivity index (χ3n) is 19.6. The standard InChI is InChI=1S/C78H44B2N4O2/c1-5-19-45(20-6-1)47-35-37-61-57(39-47)73-71-53-27-13-15-33-67(53)85-69(71)41-55-51-29-17-31-63-75(51)79(83(61)77(55)73)59-43-60-66(44-65(59)81(63)49-23-9-3-10-24-49)82(50-25-11-4-12-26-50)64-32-18-30-52-56-42-70-72(54-28-14-16-34-68(54)86-70)74-58-40-48(46-21-7-2-8-22-46)36-38-62(58)84(78(56)74)80(60)76(52)64/h1-44H. The van der Waals surface area contributed by atoms with Gasteiger partial charge >= 0.3 is 13.7 Å². The predicted octanol–water partition coefficient (Wildman–Crippen LogP) is 17.9. The molecule has 4 aromatic heterocycles. The lowest BCUT2D eigenvalue weighted by atomic mass is 9.41. The van der Waals surface area contributed by atoms with Gasteiger partial charge in [-0.25, -0.2) is 0 Å². The van der Waals surface area contributed by atoms with Crippen molar-refractivity contribution >= 4 is 157 Å². The second kappa shape index (κ2) is 16.3. The number of fused-ring (bicyclic) bond motifs is 22. The molecule has 8 heteroatoms. The SMILES string of the molecule is c1ccc(-c2ccc3c(c2)c2c4c(cc5c2n3B2c3cc6c(cc3N(c3ccccc3)c3cccc-5c32)N(c2ccccc2)c2cccc3c2B6n2c5ccc(-c6ccccc6)cc5c5c6c(cc-3c52)oc2ccccc26)oc2ccccc24)cc1. The molecule has 13 aromatic carbocycles. The van der Waals surface area contributed by atoms with Crippen LogP contribution in [0.2, 0.25) is 0 Å². The van der Waals surface area contributed by atoms with E-state index in [0.29, 0.717) is 0 Å². The summed E-state index contributed by atoms with van der Waals surface area (Å²) in [5.74, 6) is 0. The Morgan fingerprint density at radius 3 is 1.14 bits per heavy atom. The summed E-state index contributed by atoms with van der Waals surface area (Å²) in [5, 5.41) is 9.44. The normalized spacial score (nSPS) is 13.5. The van der Waals surface area contributed by atoms with E-state index < -0.39 is 0 Å². The van der Waals surface area contributed by atoms with E-state index in [1.165, 1.54) is 110 Å². The predicted molar refractivity (Wildman–Crippen MR) is 359 cm³/mol. The molecule has 17 aromatic rings. The summed E-state index contributed by atoms with van der Waals surface area (Å²) in [6.45, 7) is -0.451. The van der Waals surface area contributed by atoms with Crippen LogP contribution in [0.5, 0.6) is 0 Å². The highest BCUT2D eigenvalue weighted by Crippen LogP contribution is 2.53. The van der Waals surface area contributed by atoms with Crippen molar-refractivity contribution in [3.05, 3.63) is 267 Å². The van der Waals surface area contributed by atoms with Gasteiger partial charge in [0.15, 0.2) is 0 Å². The number of para-hydroxylation sites is 4. The first kappa shape index (κ1) is 45.3. The fourth-order valence-electron chi connectivity index (χ4n) is 16.3. The Balaban J connectivity index is 0.928. The van der Waals surface area contributed by atoms with Crippen molar-refractivity contribution in [1.82, 2.24) is 8.96 Å². The van der Waals surface area contributed by atoms with Gasteiger partial charge in [-0.2, -0.15) is 0 Å². The number of anilines is 6. The molecule has 0 amide bonds. The van der Waals surface area contributed by atoms with Gasteiger partial charge in [-0.1, -0.05) is 176 Å². The van der Waals surface area contributed by atoms with Crippen LogP contribution in [0.3, 0.4) is 0 Å². The van der Waals surface area contributed by atoms with Crippen LogP contribution in [-0.2, 0) is 0 Å². The highest BCUT2D eigenvalue weighted by atomic mass is 16.3. The fraction of sp³-hybridized carbons (Fsp3) is 0. The fourth-order valence-corrected chi connectivity index (χ4v) is 16.3. The van der Waals surface area contributed by atoms with Crippen LogP contribution >= 0.6 is 0 Å². The summed E-state index contributed by atoms with van der Waals surface area (Å²) in [6, 6.07) is 99.1. The molecule has 4 aliphatic heterocycles. The molecule has 0 aliphatic carbocycles. The van der Waals surface area contributed by atoms with E-state index in [1.807, 2.05) is 0 Å². The average Bonchev–Trinajstić information content (AvgIpc) is 1.43. The molecule has 0 unspecified atom stereocenters. The maximum atomic E-state index is 6.95. The van der Waals surface area contributed by atoms with Crippen molar-refractivity contribution < 1.29 is 8.83 Å². The maximum absolute atomic E-state index is 6.95. The Kier molecular flexibility index (Phi) is 8.60. The highest BCUT2D eigenvalue weighted by molar-refractivity contribution is 6.93. The third-order valence-corrected chi connectivity index (χ3v) is 19.6. The van der Waals surface area contributed by atoms with E-state index in [-0.39, 0.29) is 13.7 Å². The minimum atomic E-state index is -0.225. The van der Waals surface area contributed by atoms with Gasteiger partial charge in [0, 0.05) is 110 Å². The molecule has 8 heterocycles. The zero-order valence-electron chi connectivity index (χ0n) is 46.2. The molecule has 0 spiro atoms. The molecular formula is C78H44B2N4O2. The number of hydrogen-bond acceptors (Lipinski definition) is 4. The molecule has 0 saturated carbocycles. The number of hydrogen-bond donors (Lipinski definition) is 0. The monoisotopic (exact) mass is 1090 g/mol. The summed E-state index contributed by atoms with van der Waals surface area (Å²) < 4.78 is 19.3. The van der Waals surface area contributed by atoms with Crippen LogP contribution < -0.4 is 31.7 Å². The molecule has 0 radical (unpaired) electrons. The van der Waals surface area contributed by atoms with Crippen molar-refractivity contribution in [2.75, 3.05) is 9.80 Å². The molecule has 6 nitrogen and oxygen atoms in total. The molecule has 394 valence electrons. The van der Waals surface area contributed by atoms with Gasteiger partial charge in [-0.15, -0.1) is 0 Å². The molecule has 0 fully saturated rings. The quantitative estimate of drug-likeness (QED) is 0.165. The lowest BCUT2D eigenvalue weighted by Gasteiger charge is -2.44. The van der Waals surface area contributed by atoms with Gasteiger partial charge in [0.25, 0.3) is 0 Å². The first-order valence-corrected chi connectivity index (χ1v) is 29.8. The van der Waals surface area contributed by atoms with Crippen LogP contribution in [0, 0.1) is 0 Å². The van der Waals surface area contributed by atoms with E-state index in [4.69, 9.17) is 8.83 Å². The number of rotatable bonds is 4. The summed E-state index contributed by atoms with van der Waals surface area (Å²) in [7, 11) is 0. The number of furan rings is 2. The largest absolute Gasteiger partial charge is 0.456 e. The lowest BCUT2D eigenvalue weighted by molar-refractivity contribution is 0.669. The van der Waals surface area contributed by atoms with Crippen LogP contribution in [0.25, 0.3) is 132 Å². The Morgan fingerprint density at radius 2 is 0.686 bits per heavy atom. The van der Waals surface area contributed by atoms with E-state index in [2.05, 4.69) is 286 Å². The van der Waals surface area contributed by atoms with Gasteiger partial charge in [0.05, 0.1) is 0 Å². The number of aromatic nitrogens is 2. The van der Waals surface area contributed by atoms with E-state index in [1.54, 1.807) is 0 Å². The van der Waals surface area contributed by atoms with E-state index in [9.17, 15) is 0 Å². The minimum Gasteiger partial charge on any atom is -0.456 e. The Morgan fingerprint density at radius 1 is 0.267 bits per heavy atom. The Hall–Kier alpha value is -11.2. The lowest BCUT2D eigenvalue weighted by Crippen LogP contribution is -2.61. The second-order valence-electron chi connectivity index (χ2n) is 23.8. The molecular weight excluding hydrogens is 1050 g/mol. The van der Waals surface area contributed by atoms with Crippen molar-refractivity contribution in [3.63, 3.8) is 0 Å². The summed E-state index contributed by atoms with van der Waals surface area (Å²) >= 11 is 0.